The van der Waals surface area contributed by atoms with E-state index in [1.54, 1.807) is 6.07 Å². The highest BCUT2D eigenvalue weighted by molar-refractivity contribution is 5.34. The molecule has 1 unspecified atom stereocenters. The smallest absolute Gasteiger partial charge is 0.119 e. The van der Waals surface area contributed by atoms with Crippen LogP contribution in [0.25, 0.3) is 0 Å². The van der Waals surface area contributed by atoms with Gasteiger partial charge < -0.3 is 5.11 Å². The van der Waals surface area contributed by atoms with Gasteiger partial charge in [0, 0.05) is 0 Å². The summed E-state index contributed by atoms with van der Waals surface area (Å²) in [4.78, 5) is 0. The van der Waals surface area contributed by atoms with Crippen molar-refractivity contribution in [2.24, 2.45) is 0 Å². The first-order valence-electron chi connectivity index (χ1n) is 9.03. The third kappa shape index (κ3) is 8.14. The van der Waals surface area contributed by atoms with E-state index >= 15 is 0 Å². The molecule has 21 heavy (non-hydrogen) atoms. The number of unbranched alkanes of at least 4 members (excludes halogenated alkanes) is 9. The van der Waals surface area contributed by atoms with E-state index in [4.69, 9.17) is 0 Å². The Morgan fingerprint density at radius 1 is 0.810 bits per heavy atom. The Kier molecular flexibility index (Phi) is 10.0. The maximum Gasteiger partial charge on any atom is 0.119 e. The monoisotopic (exact) mass is 290 g/mol. The van der Waals surface area contributed by atoms with Crippen LogP contribution in [-0.4, -0.2) is 5.11 Å². The predicted molar refractivity (Wildman–Crippen MR) is 93.0 cm³/mol. The molecule has 1 heteroatoms. The quantitative estimate of drug-likeness (QED) is 0.419. The van der Waals surface area contributed by atoms with Gasteiger partial charge in [-0.15, -0.1) is 0 Å². The van der Waals surface area contributed by atoms with Crippen molar-refractivity contribution < 1.29 is 5.11 Å². The molecule has 1 atom stereocenters. The van der Waals surface area contributed by atoms with Crippen LogP contribution < -0.4 is 0 Å². The molecule has 1 aromatic carbocycles. The first kappa shape index (κ1) is 18.1. The summed E-state index contributed by atoms with van der Waals surface area (Å²) in [6.07, 6.45) is 15.0. The molecule has 0 aromatic heterocycles. The lowest BCUT2D eigenvalue weighted by atomic mass is 9.94. The molecule has 0 radical (unpaired) electrons. The third-order valence-corrected chi connectivity index (χ3v) is 4.46. The number of aromatic hydroxyl groups is 1. The first-order chi connectivity index (χ1) is 10.3. The van der Waals surface area contributed by atoms with Crippen LogP contribution in [0.3, 0.4) is 0 Å². The zero-order valence-corrected chi connectivity index (χ0v) is 14.1. The predicted octanol–water partition coefficient (Wildman–Crippen LogP) is 6.81. The van der Waals surface area contributed by atoms with E-state index in [1.165, 1.54) is 70.6 Å². The van der Waals surface area contributed by atoms with Crippen molar-refractivity contribution in [2.45, 2.75) is 90.4 Å². The number of phenols is 1. The lowest BCUT2D eigenvalue weighted by Gasteiger charge is -2.13. The van der Waals surface area contributed by atoms with E-state index < -0.39 is 0 Å². The fourth-order valence-corrected chi connectivity index (χ4v) is 3.00. The van der Waals surface area contributed by atoms with Crippen LogP contribution in [0.15, 0.2) is 24.3 Å². The van der Waals surface area contributed by atoms with Crippen molar-refractivity contribution in [3.05, 3.63) is 29.8 Å². The molecule has 0 bridgehead atoms. The Morgan fingerprint density at radius 3 is 1.90 bits per heavy atom. The van der Waals surface area contributed by atoms with Gasteiger partial charge in [0.05, 0.1) is 0 Å². The van der Waals surface area contributed by atoms with Gasteiger partial charge in [-0.3, -0.25) is 0 Å². The minimum atomic E-state index is 0.456. The van der Waals surface area contributed by atoms with Crippen LogP contribution in [0.5, 0.6) is 5.75 Å². The SMILES string of the molecule is CCCCCCCCCCCCC(C)c1ccccc1O. The van der Waals surface area contributed by atoms with Gasteiger partial charge in [0.2, 0.25) is 0 Å². The molecule has 1 nitrogen and oxygen atoms in total. The first-order valence-corrected chi connectivity index (χ1v) is 9.03. The highest BCUT2D eigenvalue weighted by Gasteiger charge is 2.08. The average molecular weight is 290 g/mol. The van der Waals surface area contributed by atoms with Crippen LogP contribution in [-0.2, 0) is 0 Å². The van der Waals surface area contributed by atoms with E-state index in [-0.39, 0.29) is 0 Å². The standard InChI is InChI=1S/C20H34O/c1-3-4-5-6-7-8-9-10-11-12-15-18(2)19-16-13-14-17-20(19)21/h13-14,16-18,21H,3-12,15H2,1-2H3. The molecule has 0 aliphatic carbocycles. The van der Waals surface area contributed by atoms with E-state index in [1.807, 2.05) is 12.1 Å². The van der Waals surface area contributed by atoms with Gasteiger partial charge in [0.1, 0.15) is 5.75 Å². The molecular weight excluding hydrogens is 256 g/mol. The molecule has 0 spiro atoms. The van der Waals surface area contributed by atoms with Gasteiger partial charge >= 0.3 is 0 Å². The molecule has 0 saturated heterocycles. The largest absolute Gasteiger partial charge is 0.508 e. The third-order valence-electron chi connectivity index (χ3n) is 4.46. The Bertz CT molecular complexity index is 359. The zero-order chi connectivity index (χ0) is 15.3. The van der Waals surface area contributed by atoms with Crippen LogP contribution in [0, 0.1) is 0 Å². The summed E-state index contributed by atoms with van der Waals surface area (Å²) in [6, 6.07) is 7.76. The number of benzene rings is 1. The number of hydrogen-bond donors (Lipinski definition) is 1. The van der Waals surface area contributed by atoms with Crippen molar-refractivity contribution >= 4 is 0 Å². The lowest BCUT2D eigenvalue weighted by Crippen LogP contribution is -1.94. The molecule has 120 valence electrons. The van der Waals surface area contributed by atoms with Crippen molar-refractivity contribution in [3.63, 3.8) is 0 Å². The summed E-state index contributed by atoms with van der Waals surface area (Å²) in [5, 5.41) is 9.84. The molecular formula is C20H34O. The molecule has 0 fully saturated rings. The highest BCUT2D eigenvalue weighted by Crippen LogP contribution is 2.29. The van der Waals surface area contributed by atoms with Gasteiger partial charge in [0.25, 0.3) is 0 Å². The van der Waals surface area contributed by atoms with Crippen LogP contribution in [0.4, 0.5) is 0 Å². The van der Waals surface area contributed by atoms with Gasteiger partial charge in [0.15, 0.2) is 0 Å². The lowest BCUT2D eigenvalue weighted by molar-refractivity contribution is 0.457. The van der Waals surface area contributed by atoms with Crippen molar-refractivity contribution in [1.29, 1.82) is 0 Å². The fourth-order valence-electron chi connectivity index (χ4n) is 3.00. The highest BCUT2D eigenvalue weighted by atomic mass is 16.3. The molecule has 1 N–H and O–H groups in total. The average Bonchev–Trinajstić information content (AvgIpc) is 2.49. The topological polar surface area (TPSA) is 20.2 Å². The number of rotatable bonds is 12. The molecule has 0 amide bonds. The van der Waals surface area contributed by atoms with Crippen LogP contribution in [0.1, 0.15) is 96.0 Å². The molecule has 0 saturated carbocycles. The minimum absolute atomic E-state index is 0.456. The Morgan fingerprint density at radius 2 is 1.33 bits per heavy atom. The van der Waals surface area contributed by atoms with E-state index in [2.05, 4.69) is 19.9 Å². The molecule has 1 aromatic rings. The van der Waals surface area contributed by atoms with Crippen LogP contribution >= 0.6 is 0 Å². The number of para-hydroxylation sites is 1. The van der Waals surface area contributed by atoms with Crippen molar-refractivity contribution in [2.75, 3.05) is 0 Å². The Balaban J connectivity index is 1.98. The number of phenolic OH excluding ortho intramolecular Hbond substituents is 1. The maximum absolute atomic E-state index is 9.84. The zero-order valence-electron chi connectivity index (χ0n) is 14.1. The Labute approximate surface area is 131 Å². The summed E-state index contributed by atoms with van der Waals surface area (Å²) in [5.41, 5.74) is 1.11. The van der Waals surface area contributed by atoms with E-state index in [9.17, 15) is 5.11 Å². The maximum atomic E-state index is 9.84. The summed E-state index contributed by atoms with van der Waals surface area (Å²) >= 11 is 0. The number of hydrogen-bond acceptors (Lipinski definition) is 1. The van der Waals surface area contributed by atoms with E-state index in [0.717, 1.165) is 5.56 Å². The van der Waals surface area contributed by atoms with Gasteiger partial charge in [-0.25, -0.2) is 0 Å². The van der Waals surface area contributed by atoms with Gasteiger partial charge in [-0.2, -0.15) is 0 Å². The second-order valence-corrected chi connectivity index (χ2v) is 6.43. The molecule has 1 rings (SSSR count). The Hall–Kier alpha value is -0.980. The second kappa shape index (κ2) is 11.7. The van der Waals surface area contributed by atoms with E-state index in [0.29, 0.717) is 11.7 Å². The fraction of sp³-hybridized carbons (Fsp3) is 0.700. The summed E-state index contributed by atoms with van der Waals surface area (Å²) in [6.45, 7) is 4.50. The summed E-state index contributed by atoms with van der Waals surface area (Å²) in [5.74, 6) is 0.928. The normalized spacial score (nSPS) is 12.5. The minimum Gasteiger partial charge on any atom is -0.508 e. The second-order valence-electron chi connectivity index (χ2n) is 6.43. The van der Waals surface area contributed by atoms with Gasteiger partial charge in [-0.1, -0.05) is 96.3 Å². The van der Waals surface area contributed by atoms with Gasteiger partial charge in [-0.05, 0) is 24.0 Å². The summed E-state index contributed by atoms with van der Waals surface area (Å²) < 4.78 is 0. The van der Waals surface area contributed by atoms with Crippen molar-refractivity contribution in [3.8, 4) is 5.75 Å². The molecule has 0 aliphatic rings. The molecule has 0 heterocycles. The van der Waals surface area contributed by atoms with Crippen LogP contribution in [0.2, 0.25) is 0 Å². The van der Waals surface area contributed by atoms with Crippen molar-refractivity contribution in [1.82, 2.24) is 0 Å². The molecule has 0 aliphatic heterocycles. The summed E-state index contributed by atoms with van der Waals surface area (Å²) in [7, 11) is 0.